The summed E-state index contributed by atoms with van der Waals surface area (Å²) in [7, 11) is 0. The molecule has 1 aromatic rings. The number of rotatable bonds is 6. The highest BCUT2D eigenvalue weighted by Crippen LogP contribution is 2.17. The van der Waals surface area contributed by atoms with Crippen LogP contribution in [0.4, 0.5) is 0 Å². The molecule has 100 valence electrons. The largest absolute Gasteiger partial charge is 0.480 e. The zero-order valence-electron chi connectivity index (χ0n) is 10.9. The van der Waals surface area contributed by atoms with Crippen molar-refractivity contribution in [1.29, 1.82) is 0 Å². The van der Waals surface area contributed by atoms with Crippen LogP contribution in [-0.4, -0.2) is 23.0 Å². The van der Waals surface area contributed by atoms with E-state index in [1.165, 1.54) is 11.3 Å². The average Bonchev–Trinajstić information content (AvgIpc) is 2.75. The predicted molar refractivity (Wildman–Crippen MR) is 72.0 cm³/mol. The van der Waals surface area contributed by atoms with Gasteiger partial charge in [0.2, 0.25) is 0 Å². The van der Waals surface area contributed by atoms with Crippen LogP contribution in [0, 0.1) is 5.92 Å². The van der Waals surface area contributed by atoms with Crippen LogP contribution in [-0.2, 0) is 11.2 Å². The van der Waals surface area contributed by atoms with Gasteiger partial charge in [0.1, 0.15) is 6.04 Å². The second-order valence-electron chi connectivity index (χ2n) is 4.61. The minimum absolute atomic E-state index is 0.223. The van der Waals surface area contributed by atoms with Crippen LogP contribution in [0.1, 0.15) is 41.7 Å². The van der Waals surface area contributed by atoms with E-state index in [9.17, 15) is 9.59 Å². The first-order valence-electron chi connectivity index (χ1n) is 6.06. The van der Waals surface area contributed by atoms with E-state index in [-0.39, 0.29) is 11.8 Å². The zero-order chi connectivity index (χ0) is 13.7. The summed E-state index contributed by atoms with van der Waals surface area (Å²) < 4.78 is 0. The molecule has 1 atom stereocenters. The molecule has 0 aromatic carbocycles. The van der Waals surface area contributed by atoms with Crippen LogP contribution in [0.5, 0.6) is 0 Å². The molecule has 0 aliphatic heterocycles. The fraction of sp³-hybridized carbons (Fsp3) is 0.538. The number of hydrogen-bond acceptors (Lipinski definition) is 3. The average molecular weight is 269 g/mol. The highest BCUT2D eigenvalue weighted by atomic mass is 32.1. The quantitative estimate of drug-likeness (QED) is 0.834. The molecule has 0 fully saturated rings. The molecule has 1 rings (SSSR count). The number of carbonyl (C=O) groups is 2. The lowest BCUT2D eigenvalue weighted by atomic mass is 10.0. The third-order valence-electron chi connectivity index (χ3n) is 2.54. The van der Waals surface area contributed by atoms with Gasteiger partial charge in [-0.1, -0.05) is 20.8 Å². The Morgan fingerprint density at radius 1 is 1.39 bits per heavy atom. The summed E-state index contributed by atoms with van der Waals surface area (Å²) in [6, 6.07) is 2.83. The maximum absolute atomic E-state index is 11.9. The lowest BCUT2D eigenvalue weighted by molar-refractivity contribution is -0.139. The van der Waals surface area contributed by atoms with Gasteiger partial charge in [0.15, 0.2) is 0 Å². The first-order chi connectivity index (χ1) is 8.43. The SMILES string of the molecule is CCc1ccc(C(=O)N[C@H](CC(C)C)C(=O)O)s1. The van der Waals surface area contributed by atoms with Crippen molar-refractivity contribution in [2.45, 2.75) is 39.7 Å². The smallest absolute Gasteiger partial charge is 0.326 e. The van der Waals surface area contributed by atoms with Crippen LogP contribution in [0.3, 0.4) is 0 Å². The molecule has 0 bridgehead atoms. The van der Waals surface area contributed by atoms with Crippen LogP contribution in [0.15, 0.2) is 12.1 Å². The van der Waals surface area contributed by atoms with E-state index in [2.05, 4.69) is 5.32 Å². The van der Waals surface area contributed by atoms with E-state index in [1.54, 1.807) is 6.07 Å². The summed E-state index contributed by atoms with van der Waals surface area (Å²) in [5.41, 5.74) is 0. The lowest BCUT2D eigenvalue weighted by Gasteiger charge is -2.15. The van der Waals surface area contributed by atoms with Gasteiger partial charge in [-0.3, -0.25) is 4.79 Å². The Kier molecular flexibility index (Phi) is 5.34. The van der Waals surface area contributed by atoms with Gasteiger partial charge in [0, 0.05) is 4.88 Å². The van der Waals surface area contributed by atoms with E-state index in [1.807, 2.05) is 26.8 Å². The van der Waals surface area contributed by atoms with Crippen molar-refractivity contribution in [2.75, 3.05) is 0 Å². The Morgan fingerprint density at radius 3 is 2.50 bits per heavy atom. The van der Waals surface area contributed by atoms with E-state index in [4.69, 9.17) is 5.11 Å². The lowest BCUT2D eigenvalue weighted by Crippen LogP contribution is -2.41. The third kappa shape index (κ3) is 4.14. The van der Waals surface area contributed by atoms with Gasteiger partial charge in [0.25, 0.3) is 5.91 Å². The number of carbonyl (C=O) groups excluding carboxylic acids is 1. The molecule has 0 aliphatic rings. The molecule has 0 saturated carbocycles. The van der Waals surface area contributed by atoms with Crippen molar-refractivity contribution < 1.29 is 14.7 Å². The maximum atomic E-state index is 11.9. The van der Waals surface area contributed by atoms with Crippen molar-refractivity contribution in [1.82, 2.24) is 5.32 Å². The molecule has 18 heavy (non-hydrogen) atoms. The topological polar surface area (TPSA) is 66.4 Å². The van der Waals surface area contributed by atoms with E-state index >= 15 is 0 Å². The fourth-order valence-electron chi connectivity index (χ4n) is 1.61. The molecule has 2 N–H and O–H groups in total. The highest BCUT2D eigenvalue weighted by molar-refractivity contribution is 7.14. The van der Waals surface area contributed by atoms with Crippen molar-refractivity contribution in [3.05, 3.63) is 21.9 Å². The van der Waals surface area contributed by atoms with Gasteiger partial charge >= 0.3 is 5.97 Å². The normalized spacial score (nSPS) is 12.4. The van der Waals surface area contributed by atoms with Crippen LogP contribution in [0.2, 0.25) is 0 Å². The van der Waals surface area contributed by atoms with Crippen molar-refractivity contribution in [3.63, 3.8) is 0 Å². The van der Waals surface area contributed by atoms with E-state index in [0.29, 0.717) is 11.3 Å². The highest BCUT2D eigenvalue weighted by Gasteiger charge is 2.22. The van der Waals surface area contributed by atoms with Crippen molar-refractivity contribution in [3.8, 4) is 0 Å². The summed E-state index contributed by atoms with van der Waals surface area (Å²) in [4.78, 5) is 24.7. The maximum Gasteiger partial charge on any atom is 0.326 e. The minimum Gasteiger partial charge on any atom is -0.480 e. The van der Waals surface area contributed by atoms with Crippen LogP contribution >= 0.6 is 11.3 Å². The predicted octanol–water partition coefficient (Wildman–Crippen LogP) is 2.54. The number of carboxylic acid groups (broad SMARTS) is 1. The van der Waals surface area contributed by atoms with E-state index < -0.39 is 12.0 Å². The van der Waals surface area contributed by atoms with Gasteiger partial charge < -0.3 is 10.4 Å². The first-order valence-corrected chi connectivity index (χ1v) is 6.88. The van der Waals surface area contributed by atoms with Gasteiger partial charge in [0.05, 0.1) is 4.88 Å². The number of amides is 1. The molecule has 1 amide bonds. The summed E-state index contributed by atoms with van der Waals surface area (Å²) in [5, 5.41) is 11.6. The monoisotopic (exact) mass is 269 g/mol. The number of nitrogens with one attached hydrogen (secondary N) is 1. The Labute approximate surface area is 111 Å². The van der Waals surface area contributed by atoms with Crippen molar-refractivity contribution >= 4 is 23.2 Å². The summed E-state index contributed by atoms with van der Waals surface area (Å²) in [6.45, 7) is 5.89. The fourth-order valence-corrected chi connectivity index (χ4v) is 2.46. The molecule has 0 radical (unpaired) electrons. The van der Waals surface area contributed by atoms with Crippen LogP contribution in [0.25, 0.3) is 0 Å². The number of thiophene rings is 1. The standard InChI is InChI=1S/C13H19NO3S/c1-4-9-5-6-11(18-9)12(15)14-10(13(16)17)7-8(2)3/h5-6,8,10H,4,7H2,1-3H3,(H,14,15)(H,16,17)/t10-/m1/s1. The zero-order valence-corrected chi connectivity index (χ0v) is 11.7. The molecular formula is C13H19NO3S. The molecule has 0 aliphatic carbocycles. The second kappa shape index (κ2) is 6.54. The number of hydrogen-bond donors (Lipinski definition) is 2. The molecule has 0 spiro atoms. The number of aryl methyl sites for hydroxylation is 1. The molecule has 0 saturated heterocycles. The molecule has 1 aromatic heterocycles. The minimum atomic E-state index is -0.982. The summed E-state index contributed by atoms with van der Waals surface area (Å²) in [5.74, 6) is -1.06. The Balaban J connectivity index is 2.69. The Hall–Kier alpha value is -1.36. The molecule has 1 heterocycles. The van der Waals surface area contributed by atoms with Crippen molar-refractivity contribution in [2.24, 2.45) is 5.92 Å². The number of carboxylic acids is 1. The van der Waals surface area contributed by atoms with Gasteiger partial charge in [-0.15, -0.1) is 11.3 Å². The third-order valence-corrected chi connectivity index (χ3v) is 3.77. The second-order valence-corrected chi connectivity index (χ2v) is 5.78. The van der Waals surface area contributed by atoms with E-state index in [0.717, 1.165) is 11.3 Å². The van der Waals surface area contributed by atoms with Crippen LogP contribution < -0.4 is 5.32 Å². The summed E-state index contributed by atoms with van der Waals surface area (Å²) in [6.07, 6.45) is 1.32. The Morgan fingerprint density at radius 2 is 2.06 bits per heavy atom. The molecule has 0 unspecified atom stereocenters. The molecule has 5 heteroatoms. The first kappa shape index (κ1) is 14.7. The Bertz CT molecular complexity index is 426. The molecular weight excluding hydrogens is 250 g/mol. The van der Waals surface area contributed by atoms with Gasteiger partial charge in [-0.2, -0.15) is 0 Å². The number of aliphatic carboxylic acids is 1. The van der Waals surface area contributed by atoms with Gasteiger partial charge in [-0.05, 0) is 30.9 Å². The molecule has 4 nitrogen and oxygen atoms in total. The van der Waals surface area contributed by atoms with Gasteiger partial charge in [-0.25, -0.2) is 4.79 Å². The summed E-state index contributed by atoms with van der Waals surface area (Å²) >= 11 is 1.41.